The molecule has 0 saturated carbocycles. The van der Waals surface area contributed by atoms with Crippen molar-refractivity contribution in [3.63, 3.8) is 0 Å². The standard InChI is InChI=1S/C22H24N2O6/c1-2-18(20(26)23-19(11-25)21(27)28)24-22(29)30-12-17-15-9-5-3-7-13(15)14-8-4-6-10-16(14)17/h3-10,17-19,25H,2,11-12H2,1H3,(H,23,26)(H,24,29)(H,27,28)/t18-,19-/m0/s1. The van der Waals surface area contributed by atoms with E-state index in [2.05, 4.69) is 10.6 Å². The topological polar surface area (TPSA) is 125 Å². The van der Waals surface area contributed by atoms with Gasteiger partial charge in [0.1, 0.15) is 18.7 Å². The highest BCUT2D eigenvalue weighted by molar-refractivity contribution is 5.89. The first-order valence-electron chi connectivity index (χ1n) is 9.71. The van der Waals surface area contributed by atoms with Gasteiger partial charge in [0.25, 0.3) is 0 Å². The average molecular weight is 412 g/mol. The first-order chi connectivity index (χ1) is 14.5. The first kappa shape index (κ1) is 21.3. The summed E-state index contributed by atoms with van der Waals surface area (Å²) in [6, 6.07) is 13.5. The predicted molar refractivity (Wildman–Crippen MR) is 109 cm³/mol. The zero-order valence-corrected chi connectivity index (χ0v) is 16.5. The van der Waals surface area contributed by atoms with Gasteiger partial charge in [-0.1, -0.05) is 55.5 Å². The number of aliphatic hydroxyl groups is 1. The van der Waals surface area contributed by atoms with Crippen LogP contribution in [-0.4, -0.2) is 53.5 Å². The molecule has 1 aliphatic carbocycles. The number of carbonyl (C=O) groups is 3. The number of hydrogen-bond donors (Lipinski definition) is 4. The number of aliphatic carboxylic acids is 1. The highest BCUT2D eigenvalue weighted by Gasteiger charge is 2.30. The SMILES string of the molecule is CC[C@H](NC(=O)OCC1c2ccccc2-c2ccccc21)C(=O)N[C@@H](CO)C(=O)O. The van der Waals surface area contributed by atoms with Gasteiger partial charge in [0.15, 0.2) is 0 Å². The van der Waals surface area contributed by atoms with Crippen LogP contribution in [0, 0.1) is 0 Å². The van der Waals surface area contributed by atoms with E-state index >= 15 is 0 Å². The van der Waals surface area contributed by atoms with Gasteiger partial charge in [-0.3, -0.25) is 4.79 Å². The quantitative estimate of drug-likeness (QED) is 0.525. The molecule has 2 aromatic carbocycles. The Morgan fingerprint density at radius 3 is 2.03 bits per heavy atom. The third-order valence-corrected chi connectivity index (χ3v) is 5.16. The van der Waals surface area contributed by atoms with Crippen molar-refractivity contribution in [2.24, 2.45) is 0 Å². The summed E-state index contributed by atoms with van der Waals surface area (Å²) in [5.41, 5.74) is 4.36. The Hall–Kier alpha value is -3.39. The lowest BCUT2D eigenvalue weighted by Gasteiger charge is -2.20. The van der Waals surface area contributed by atoms with Crippen LogP contribution in [0.25, 0.3) is 11.1 Å². The van der Waals surface area contributed by atoms with Gasteiger partial charge < -0.3 is 25.6 Å². The molecule has 0 radical (unpaired) electrons. The molecule has 0 aromatic heterocycles. The Balaban J connectivity index is 1.63. The number of amides is 2. The molecule has 0 spiro atoms. The second kappa shape index (κ2) is 9.41. The minimum absolute atomic E-state index is 0.103. The second-order valence-electron chi connectivity index (χ2n) is 7.01. The highest BCUT2D eigenvalue weighted by atomic mass is 16.5. The van der Waals surface area contributed by atoms with Gasteiger partial charge in [-0.25, -0.2) is 9.59 Å². The van der Waals surface area contributed by atoms with Crippen LogP contribution in [0.5, 0.6) is 0 Å². The molecule has 0 fully saturated rings. The molecular formula is C22H24N2O6. The Kier molecular flexibility index (Phi) is 6.68. The van der Waals surface area contributed by atoms with Crippen molar-refractivity contribution < 1.29 is 29.3 Å². The lowest BCUT2D eigenvalue weighted by atomic mass is 9.98. The third-order valence-electron chi connectivity index (χ3n) is 5.16. The number of benzene rings is 2. The Bertz CT molecular complexity index is 899. The Morgan fingerprint density at radius 2 is 1.53 bits per heavy atom. The normalized spacial score (nSPS) is 14.2. The minimum Gasteiger partial charge on any atom is -0.480 e. The summed E-state index contributed by atoms with van der Waals surface area (Å²) < 4.78 is 5.41. The zero-order valence-electron chi connectivity index (χ0n) is 16.5. The number of carboxylic acid groups (broad SMARTS) is 1. The minimum atomic E-state index is -1.43. The van der Waals surface area contributed by atoms with E-state index in [-0.39, 0.29) is 18.9 Å². The molecule has 3 rings (SSSR count). The number of fused-ring (bicyclic) bond motifs is 3. The summed E-state index contributed by atoms with van der Waals surface area (Å²) in [6.07, 6.45) is -0.539. The number of carboxylic acids is 1. The van der Waals surface area contributed by atoms with Gasteiger partial charge in [-0.2, -0.15) is 0 Å². The van der Waals surface area contributed by atoms with Crippen molar-refractivity contribution in [3.8, 4) is 11.1 Å². The maximum atomic E-state index is 12.3. The van der Waals surface area contributed by atoms with E-state index in [1.165, 1.54) is 0 Å². The molecule has 2 atom stereocenters. The Morgan fingerprint density at radius 1 is 0.967 bits per heavy atom. The number of alkyl carbamates (subject to hydrolysis) is 1. The van der Waals surface area contributed by atoms with Crippen LogP contribution in [0.2, 0.25) is 0 Å². The highest BCUT2D eigenvalue weighted by Crippen LogP contribution is 2.44. The number of carbonyl (C=O) groups excluding carboxylic acids is 2. The van der Waals surface area contributed by atoms with Crippen LogP contribution < -0.4 is 10.6 Å². The molecule has 0 bridgehead atoms. The van der Waals surface area contributed by atoms with Crippen LogP contribution in [0.15, 0.2) is 48.5 Å². The monoisotopic (exact) mass is 412 g/mol. The van der Waals surface area contributed by atoms with Crippen molar-refractivity contribution in [1.82, 2.24) is 10.6 Å². The first-order valence-corrected chi connectivity index (χ1v) is 9.71. The zero-order chi connectivity index (χ0) is 21.7. The number of rotatable bonds is 8. The Labute approximate surface area is 173 Å². The molecule has 0 unspecified atom stereocenters. The van der Waals surface area contributed by atoms with E-state index in [0.29, 0.717) is 0 Å². The van der Waals surface area contributed by atoms with Gasteiger partial charge in [-0.15, -0.1) is 0 Å². The largest absolute Gasteiger partial charge is 0.480 e. The molecule has 8 nitrogen and oxygen atoms in total. The third kappa shape index (κ3) is 4.44. The fourth-order valence-corrected chi connectivity index (χ4v) is 3.59. The summed E-state index contributed by atoms with van der Waals surface area (Å²) in [7, 11) is 0. The van der Waals surface area contributed by atoms with Gasteiger partial charge in [0.2, 0.25) is 5.91 Å². The summed E-state index contributed by atoms with van der Waals surface area (Å²) in [5, 5.41) is 22.6. The second-order valence-corrected chi connectivity index (χ2v) is 7.01. The maximum Gasteiger partial charge on any atom is 0.407 e. The van der Waals surface area contributed by atoms with Gasteiger partial charge in [0, 0.05) is 5.92 Å². The van der Waals surface area contributed by atoms with E-state index < -0.39 is 36.7 Å². The van der Waals surface area contributed by atoms with Crippen molar-refractivity contribution in [1.29, 1.82) is 0 Å². The predicted octanol–water partition coefficient (Wildman–Crippen LogP) is 1.87. The van der Waals surface area contributed by atoms with Crippen LogP contribution in [-0.2, 0) is 14.3 Å². The van der Waals surface area contributed by atoms with E-state index in [1.807, 2.05) is 48.5 Å². The average Bonchev–Trinajstić information content (AvgIpc) is 3.07. The van der Waals surface area contributed by atoms with Gasteiger partial charge in [0.05, 0.1) is 6.61 Å². The van der Waals surface area contributed by atoms with Crippen LogP contribution >= 0.6 is 0 Å². The van der Waals surface area contributed by atoms with E-state index in [1.54, 1.807) is 6.92 Å². The molecule has 2 amide bonds. The summed E-state index contributed by atoms with van der Waals surface area (Å²) in [4.78, 5) is 35.5. The lowest BCUT2D eigenvalue weighted by Crippen LogP contribution is -2.52. The van der Waals surface area contributed by atoms with Gasteiger partial charge >= 0.3 is 12.1 Å². The summed E-state index contributed by atoms with van der Waals surface area (Å²) >= 11 is 0. The summed E-state index contributed by atoms with van der Waals surface area (Å²) in [6.45, 7) is 1.03. The van der Waals surface area contributed by atoms with Crippen LogP contribution in [0.4, 0.5) is 4.79 Å². The smallest absolute Gasteiger partial charge is 0.407 e. The molecule has 4 N–H and O–H groups in total. The maximum absolute atomic E-state index is 12.3. The molecule has 1 aliphatic rings. The number of nitrogens with one attached hydrogen (secondary N) is 2. The van der Waals surface area contributed by atoms with E-state index in [9.17, 15) is 14.4 Å². The van der Waals surface area contributed by atoms with E-state index in [4.69, 9.17) is 14.9 Å². The van der Waals surface area contributed by atoms with Gasteiger partial charge in [-0.05, 0) is 28.7 Å². The van der Waals surface area contributed by atoms with E-state index in [0.717, 1.165) is 22.3 Å². The molecular weight excluding hydrogens is 388 g/mol. The fraction of sp³-hybridized carbons (Fsp3) is 0.318. The molecule has 0 heterocycles. The van der Waals surface area contributed by atoms with Crippen molar-refractivity contribution in [3.05, 3.63) is 59.7 Å². The molecule has 2 aromatic rings. The molecule has 158 valence electrons. The molecule has 30 heavy (non-hydrogen) atoms. The van der Waals surface area contributed by atoms with Crippen LogP contribution in [0.3, 0.4) is 0 Å². The molecule has 8 heteroatoms. The fourth-order valence-electron chi connectivity index (χ4n) is 3.59. The lowest BCUT2D eigenvalue weighted by molar-refractivity contribution is -0.143. The molecule has 0 aliphatic heterocycles. The summed E-state index contributed by atoms with van der Waals surface area (Å²) in [5.74, 6) is -2.17. The van der Waals surface area contributed by atoms with Crippen molar-refractivity contribution in [2.75, 3.05) is 13.2 Å². The number of hydrogen-bond acceptors (Lipinski definition) is 5. The number of ether oxygens (including phenoxy) is 1. The van der Waals surface area contributed by atoms with Crippen LogP contribution in [0.1, 0.15) is 30.4 Å². The molecule has 0 saturated heterocycles. The van der Waals surface area contributed by atoms with Crippen molar-refractivity contribution in [2.45, 2.75) is 31.3 Å². The number of aliphatic hydroxyl groups excluding tert-OH is 1. The van der Waals surface area contributed by atoms with Crippen molar-refractivity contribution >= 4 is 18.0 Å².